The van der Waals surface area contributed by atoms with Gasteiger partial charge in [-0.15, -0.1) is 0 Å². The molecule has 20 heavy (non-hydrogen) atoms. The van der Waals surface area contributed by atoms with Crippen LogP contribution in [-0.4, -0.2) is 14.2 Å². The minimum Gasteiger partial charge on any atom is -0.497 e. The van der Waals surface area contributed by atoms with Crippen LogP contribution < -0.4 is 9.47 Å². The molecule has 0 N–H and O–H groups in total. The predicted molar refractivity (Wildman–Crippen MR) is 87.0 cm³/mol. The SMILES string of the molecule is COc1ccc(C(Br)C2CCCCCCC2)c(OC)c1. The molecule has 1 aromatic rings. The molecule has 0 amide bonds. The molecule has 112 valence electrons. The van der Waals surface area contributed by atoms with Gasteiger partial charge in [0.1, 0.15) is 11.5 Å². The first kappa shape index (κ1) is 15.7. The predicted octanol–water partition coefficient (Wildman–Crippen LogP) is 5.50. The average molecular weight is 341 g/mol. The molecule has 1 fully saturated rings. The average Bonchev–Trinajstić information content (AvgIpc) is 2.45. The second-order valence-corrected chi connectivity index (χ2v) is 6.60. The molecule has 2 nitrogen and oxygen atoms in total. The monoisotopic (exact) mass is 340 g/mol. The quantitative estimate of drug-likeness (QED) is 0.673. The molecule has 1 saturated carbocycles. The lowest BCUT2D eigenvalue weighted by atomic mass is 9.86. The summed E-state index contributed by atoms with van der Waals surface area (Å²) in [6.07, 6.45) is 9.50. The van der Waals surface area contributed by atoms with E-state index in [0.717, 1.165) is 11.5 Å². The largest absolute Gasteiger partial charge is 0.497 e. The number of alkyl halides is 1. The number of halogens is 1. The lowest BCUT2D eigenvalue weighted by molar-refractivity contribution is 0.360. The number of methoxy groups -OCH3 is 2. The van der Waals surface area contributed by atoms with Gasteiger partial charge in [0, 0.05) is 16.5 Å². The van der Waals surface area contributed by atoms with Gasteiger partial charge in [-0.1, -0.05) is 54.1 Å². The van der Waals surface area contributed by atoms with E-state index in [0.29, 0.717) is 10.7 Å². The highest BCUT2D eigenvalue weighted by atomic mass is 79.9. The Morgan fingerprint density at radius 2 is 1.65 bits per heavy atom. The Morgan fingerprint density at radius 3 is 2.25 bits per heavy atom. The van der Waals surface area contributed by atoms with Crippen LogP contribution in [0.1, 0.15) is 55.3 Å². The number of hydrogen-bond donors (Lipinski definition) is 0. The van der Waals surface area contributed by atoms with Crippen molar-refractivity contribution in [3.8, 4) is 11.5 Å². The lowest BCUT2D eigenvalue weighted by Crippen LogP contribution is -2.11. The number of hydrogen-bond acceptors (Lipinski definition) is 2. The highest BCUT2D eigenvalue weighted by molar-refractivity contribution is 9.09. The molecule has 1 aromatic carbocycles. The first-order valence-electron chi connectivity index (χ1n) is 7.62. The summed E-state index contributed by atoms with van der Waals surface area (Å²) in [5.41, 5.74) is 1.25. The van der Waals surface area contributed by atoms with Gasteiger partial charge < -0.3 is 9.47 Å². The van der Waals surface area contributed by atoms with Crippen molar-refractivity contribution in [2.45, 2.75) is 49.8 Å². The molecule has 3 heteroatoms. The van der Waals surface area contributed by atoms with Crippen LogP contribution in [0.5, 0.6) is 11.5 Å². The van der Waals surface area contributed by atoms with Crippen molar-refractivity contribution in [3.05, 3.63) is 23.8 Å². The molecule has 1 atom stereocenters. The Balaban J connectivity index is 2.15. The third-order valence-corrected chi connectivity index (χ3v) is 5.54. The zero-order valence-electron chi connectivity index (χ0n) is 12.5. The fourth-order valence-electron chi connectivity index (χ4n) is 3.08. The lowest BCUT2D eigenvalue weighted by Gasteiger charge is -2.26. The van der Waals surface area contributed by atoms with E-state index in [1.165, 1.54) is 50.5 Å². The third kappa shape index (κ3) is 3.91. The standard InChI is InChI=1S/C17H25BrO2/c1-19-14-10-11-15(16(12-14)20-2)17(18)13-8-6-4-3-5-7-9-13/h10-13,17H,3-9H2,1-2H3. The van der Waals surface area contributed by atoms with Gasteiger partial charge in [-0.3, -0.25) is 0 Å². The van der Waals surface area contributed by atoms with Crippen molar-refractivity contribution in [3.63, 3.8) is 0 Å². The summed E-state index contributed by atoms with van der Waals surface area (Å²) in [5, 5.41) is 0. The van der Waals surface area contributed by atoms with Crippen molar-refractivity contribution < 1.29 is 9.47 Å². The van der Waals surface area contributed by atoms with Gasteiger partial charge in [-0.25, -0.2) is 0 Å². The first-order chi connectivity index (χ1) is 9.76. The summed E-state index contributed by atoms with van der Waals surface area (Å²) in [5.74, 6) is 2.48. The van der Waals surface area contributed by atoms with Gasteiger partial charge in [0.05, 0.1) is 14.2 Å². The summed E-state index contributed by atoms with van der Waals surface area (Å²) < 4.78 is 10.8. The van der Waals surface area contributed by atoms with Crippen molar-refractivity contribution >= 4 is 15.9 Å². The Labute approximate surface area is 131 Å². The summed E-state index contributed by atoms with van der Waals surface area (Å²) in [4.78, 5) is 0.376. The van der Waals surface area contributed by atoms with Crippen molar-refractivity contribution in [1.29, 1.82) is 0 Å². The highest BCUT2D eigenvalue weighted by Gasteiger charge is 2.24. The number of benzene rings is 1. The van der Waals surface area contributed by atoms with Crippen LogP contribution >= 0.6 is 15.9 Å². The molecule has 0 saturated heterocycles. The zero-order chi connectivity index (χ0) is 14.4. The van der Waals surface area contributed by atoms with Crippen molar-refractivity contribution in [1.82, 2.24) is 0 Å². The molecular formula is C17H25BrO2. The Kier molecular flexibility index (Phi) is 6.21. The molecule has 1 unspecified atom stereocenters. The van der Waals surface area contributed by atoms with E-state index < -0.39 is 0 Å². The summed E-state index contributed by atoms with van der Waals surface area (Å²) >= 11 is 3.93. The Morgan fingerprint density at radius 1 is 1.00 bits per heavy atom. The van der Waals surface area contributed by atoms with Gasteiger partial charge in [-0.05, 0) is 24.8 Å². The molecule has 0 spiro atoms. The zero-order valence-corrected chi connectivity index (χ0v) is 14.1. The highest BCUT2D eigenvalue weighted by Crippen LogP contribution is 2.43. The summed E-state index contributed by atoms with van der Waals surface area (Å²) in [6, 6.07) is 6.14. The van der Waals surface area contributed by atoms with E-state index in [1.54, 1.807) is 14.2 Å². The molecular weight excluding hydrogens is 316 g/mol. The van der Waals surface area contributed by atoms with Crippen LogP contribution in [0.4, 0.5) is 0 Å². The van der Waals surface area contributed by atoms with Gasteiger partial charge in [0.25, 0.3) is 0 Å². The molecule has 2 rings (SSSR count). The maximum atomic E-state index is 5.55. The minimum atomic E-state index is 0.376. The summed E-state index contributed by atoms with van der Waals surface area (Å²) in [7, 11) is 3.42. The number of ether oxygens (including phenoxy) is 2. The van der Waals surface area contributed by atoms with Crippen LogP contribution in [0.3, 0.4) is 0 Å². The van der Waals surface area contributed by atoms with Crippen LogP contribution in [0.15, 0.2) is 18.2 Å². The fraction of sp³-hybridized carbons (Fsp3) is 0.647. The van der Waals surface area contributed by atoms with Gasteiger partial charge in [0.2, 0.25) is 0 Å². The molecule has 0 aliphatic heterocycles. The maximum Gasteiger partial charge on any atom is 0.126 e. The normalized spacial score (nSPS) is 18.9. The second kappa shape index (κ2) is 7.92. The van der Waals surface area contributed by atoms with Crippen molar-refractivity contribution in [2.75, 3.05) is 14.2 Å². The third-order valence-electron chi connectivity index (χ3n) is 4.30. The van der Waals surface area contributed by atoms with E-state index in [4.69, 9.17) is 9.47 Å². The molecule has 1 aliphatic carbocycles. The van der Waals surface area contributed by atoms with Crippen LogP contribution in [0, 0.1) is 5.92 Å². The van der Waals surface area contributed by atoms with E-state index in [1.807, 2.05) is 12.1 Å². The molecule has 0 heterocycles. The van der Waals surface area contributed by atoms with E-state index >= 15 is 0 Å². The maximum absolute atomic E-state index is 5.55. The van der Waals surface area contributed by atoms with Crippen LogP contribution in [-0.2, 0) is 0 Å². The van der Waals surface area contributed by atoms with Crippen molar-refractivity contribution in [2.24, 2.45) is 5.92 Å². The van der Waals surface area contributed by atoms with Crippen LogP contribution in [0.2, 0.25) is 0 Å². The van der Waals surface area contributed by atoms with E-state index in [-0.39, 0.29) is 0 Å². The molecule has 0 aromatic heterocycles. The first-order valence-corrected chi connectivity index (χ1v) is 8.54. The summed E-state index contributed by atoms with van der Waals surface area (Å²) in [6.45, 7) is 0. The fourth-order valence-corrected chi connectivity index (χ4v) is 3.99. The van der Waals surface area contributed by atoms with Gasteiger partial charge >= 0.3 is 0 Å². The second-order valence-electron chi connectivity index (χ2n) is 5.61. The van der Waals surface area contributed by atoms with Gasteiger partial charge in [-0.2, -0.15) is 0 Å². The Bertz CT molecular complexity index is 411. The Hall–Kier alpha value is -0.700. The molecule has 0 bridgehead atoms. The van der Waals surface area contributed by atoms with E-state index in [9.17, 15) is 0 Å². The smallest absolute Gasteiger partial charge is 0.126 e. The number of rotatable bonds is 4. The topological polar surface area (TPSA) is 18.5 Å². The van der Waals surface area contributed by atoms with Crippen LogP contribution in [0.25, 0.3) is 0 Å². The molecule has 1 aliphatic rings. The molecule has 0 radical (unpaired) electrons. The van der Waals surface area contributed by atoms with E-state index in [2.05, 4.69) is 22.0 Å². The van der Waals surface area contributed by atoms with Gasteiger partial charge in [0.15, 0.2) is 0 Å². The minimum absolute atomic E-state index is 0.376.